The van der Waals surface area contributed by atoms with E-state index in [4.69, 9.17) is 15.7 Å². The Kier molecular flexibility index (Phi) is 7.44. The summed E-state index contributed by atoms with van der Waals surface area (Å²) in [6.45, 7) is 3.49. The summed E-state index contributed by atoms with van der Waals surface area (Å²) in [4.78, 5) is 14.0. The van der Waals surface area contributed by atoms with E-state index in [0.29, 0.717) is 31.7 Å². The van der Waals surface area contributed by atoms with Gasteiger partial charge in [-0.05, 0) is 31.4 Å². The average molecular weight is 289 g/mol. The third kappa shape index (κ3) is 5.18. The van der Waals surface area contributed by atoms with E-state index in [1.165, 1.54) is 0 Å². The number of nitrogens with zero attached hydrogens (tertiary/aromatic N) is 2. The Labute approximate surface area is 126 Å². The molecule has 1 amide bonds. The second-order valence-electron chi connectivity index (χ2n) is 4.86. The van der Waals surface area contributed by atoms with Gasteiger partial charge in [0.25, 0.3) is 0 Å². The number of nitrogens with two attached hydrogens (primary N) is 1. The van der Waals surface area contributed by atoms with Gasteiger partial charge in [-0.3, -0.25) is 4.79 Å². The number of amides is 1. The highest BCUT2D eigenvalue weighted by Gasteiger charge is 2.20. The van der Waals surface area contributed by atoms with Crippen LogP contribution in [0.4, 0.5) is 0 Å². The Bertz CT molecular complexity index is 497. The van der Waals surface area contributed by atoms with Crippen molar-refractivity contribution >= 4 is 5.91 Å². The number of ether oxygens (including phenoxy) is 1. The van der Waals surface area contributed by atoms with Crippen LogP contribution in [0.25, 0.3) is 0 Å². The van der Waals surface area contributed by atoms with Crippen LogP contribution in [0.5, 0.6) is 0 Å². The Morgan fingerprint density at radius 1 is 1.48 bits per heavy atom. The number of hydrogen-bond acceptors (Lipinski definition) is 4. The molecule has 5 nitrogen and oxygen atoms in total. The van der Waals surface area contributed by atoms with E-state index in [-0.39, 0.29) is 5.91 Å². The van der Waals surface area contributed by atoms with Gasteiger partial charge in [-0.25, -0.2) is 0 Å². The molecule has 21 heavy (non-hydrogen) atoms. The molecule has 0 saturated carbocycles. The predicted octanol–water partition coefficient (Wildman–Crippen LogP) is 1.66. The maximum absolute atomic E-state index is 12.3. The quantitative estimate of drug-likeness (QED) is 0.738. The summed E-state index contributed by atoms with van der Waals surface area (Å²) in [7, 11) is 1.63. The van der Waals surface area contributed by atoms with Gasteiger partial charge in [0.15, 0.2) is 0 Å². The lowest BCUT2D eigenvalue weighted by molar-refractivity contribution is -0.133. The number of methoxy groups -OCH3 is 1. The van der Waals surface area contributed by atoms with Gasteiger partial charge >= 0.3 is 0 Å². The summed E-state index contributed by atoms with van der Waals surface area (Å²) in [5.74, 6) is -0.0821. The normalized spacial score (nSPS) is 11.7. The topological polar surface area (TPSA) is 79.4 Å². The highest BCUT2D eigenvalue weighted by Crippen LogP contribution is 2.12. The second kappa shape index (κ2) is 9.11. The van der Waals surface area contributed by atoms with Gasteiger partial charge in [-0.15, -0.1) is 0 Å². The zero-order valence-electron chi connectivity index (χ0n) is 12.7. The van der Waals surface area contributed by atoms with Crippen molar-refractivity contribution in [3.63, 3.8) is 0 Å². The summed E-state index contributed by atoms with van der Waals surface area (Å²) in [6.07, 6.45) is 1.36. The van der Waals surface area contributed by atoms with Crippen LogP contribution in [0.15, 0.2) is 24.3 Å². The first-order valence-corrected chi connectivity index (χ1v) is 7.15. The molecule has 114 valence electrons. The minimum atomic E-state index is -0.519. The Morgan fingerprint density at radius 2 is 2.19 bits per heavy atom. The molecular weight excluding hydrogens is 266 g/mol. The Hall–Kier alpha value is -1.90. The highest BCUT2D eigenvalue weighted by molar-refractivity contribution is 5.81. The lowest BCUT2D eigenvalue weighted by atomic mass is 10.1. The van der Waals surface area contributed by atoms with Gasteiger partial charge in [0.05, 0.1) is 17.7 Å². The van der Waals surface area contributed by atoms with Gasteiger partial charge in [0.2, 0.25) is 5.91 Å². The van der Waals surface area contributed by atoms with Crippen molar-refractivity contribution in [3.05, 3.63) is 35.4 Å². The van der Waals surface area contributed by atoms with Crippen LogP contribution in [-0.2, 0) is 16.1 Å². The van der Waals surface area contributed by atoms with Gasteiger partial charge in [-0.1, -0.05) is 18.2 Å². The molecule has 0 bridgehead atoms. The SMILES string of the molecule is CCN(Cc1ccccc1C#N)C(=O)C(N)CCCOC. The smallest absolute Gasteiger partial charge is 0.239 e. The molecule has 1 atom stereocenters. The second-order valence-corrected chi connectivity index (χ2v) is 4.86. The van der Waals surface area contributed by atoms with Gasteiger partial charge in [0.1, 0.15) is 0 Å². The number of nitriles is 1. The van der Waals surface area contributed by atoms with Crippen molar-refractivity contribution in [2.45, 2.75) is 32.4 Å². The molecule has 1 aromatic rings. The van der Waals surface area contributed by atoms with Crippen molar-refractivity contribution in [1.29, 1.82) is 5.26 Å². The van der Waals surface area contributed by atoms with Crippen LogP contribution in [0, 0.1) is 11.3 Å². The number of benzene rings is 1. The summed E-state index contributed by atoms with van der Waals surface area (Å²) in [6, 6.07) is 8.94. The minimum absolute atomic E-state index is 0.0821. The first-order chi connectivity index (χ1) is 10.1. The summed E-state index contributed by atoms with van der Waals surface area (Å²) in [5, 5.41) is 9.10. The maximum atomic E-state index is 12.3. The van der Waals surface area contributed by atoms with E-state index >= 15 is 0 Å². The molecule has 0 aliphatic rings. The van der Waals surface area contributed by atoms with Crippen LogP contribution in [0.1, 0.15) is 30.9 Å². The third-order valence-electron chi connectivity index (χ3n) is 3.37. The van der Waals surface area contributed by atoms with Crippen LogP contribution in [-0.4, -0.2) is 37.1 Å². The van der Waals surface area contributed by atoms with Gasteiger partial charge < -0.3 is 15.4 Å². The van der Waals surface area contributed by atoms with E-state index in [1.54, 1.807) is 18.1 Å². The molecule has 1 aromatic carbocycles. The molecule has 1 rings (SSSR count). The fraction of sp³-hybridized carbons (Fsp3) is 0.500. The third-order valence-corrected chi connectivity index (χ3v) is 3.37. The van der Waals surface area contributed by atoms with Gasteiger partial charge in [0, 0.05) is 26.8 Å². The molecule has 0 aromatic heterocycles. The van der Waals surface area contributed by atoms with Crippen LogP contribution in [0.3, 0.4) is 0 Å². The Balaban J connectivity index is 2.70. The molecule has 2 N–H and O–H groups in total. The van der Waals surface area contributed by atoms with Crippen molar-refractivity contribution in [1.82, 2.24) is 4.90 Å². The Morgan fingerprint density at radius 3 is 2.81 bits per heavy atom. The van der Waals surface area contributed by atoms with Crippen molar-refractivity contribution in [2.24, 2.45) is 5.73 Å². The largest absolute Gasteiger partial charge is 0.385 e. The summed E-state index contributed by atoms with van der Waals surface area (Å²) >= 11 is 0. The number of rotatable bonds is 8. The lowest BCUT2D eigenvalue weighted by Gasteiger charge is -2.24. The predicted molar refractivity (Wildman–Crippen MR) is 81.3 cm³/mol. The lowest BCUT2D eigenvalue weighted by Crippen LogP contribution is -2.43. The van der Waals surface area contributed by atoms with E-state index < -0.39 is 6.04 Å². The molecule has 5 heteroatoms. The van der Waals surface area contributed by atoms with E-state index in [2.05, 4.69) is 6.07 Å². The number of hydrogen-bond donors (Lipinski definition) is 1. The summed E-state index contributed by atoms with van der Waals surface area (Å²) in [5.41, 5.74) is 7.39. The van der Waals surface area contributed by atoms with Crippen LogP contribution < -0.4 is 5.73 Å². The molecule has 0 fully saturated rings. The van der Waals surface area contributed by atoms with E-state index in [9.17, 15) is 4.79 Å². The minimum Gasteiger partial charge on any atom is -0.385 e. The van der Waals surface area contributed by atoms with Crippen LogP contribution in [0.2, 0.25) is 0 Å². The monoisotopic (exact) mass is 289 g/mol. The maximum Gasteiger partial charge on any atom is 0.239 e. The summed E-state index contributed by atoms with van der Waals surface area (Å²) < 4.78 is 4.97. The molecule has 0 aliphatic heterocycles. The molecule has 0 spiro atoms. The zero-order valence-corrected chi connectivity index (χ0v) is 12.7. The molecule has 0 radical (unpaired) electrons. The molecule has 0 heterocycles. The average Bonchev–Trinajstić information content (AvgIpc) is 2.52. The van der Waals surface area contributed by atoms with Crippen LogP contribution >= 0.6 is 0 Å². The molecule has 0 saturated heterocycles. The fourth-order valence-electron chi connectivity index (χ4n) is 2.12. The van der Waals surface area contributed by atoms with E-state index in [1.807, 2.05) is 25.1 Å². The number of likely N-dealkylation sites (N-methyl/N-ethyl adjacent to an activating group) is 1. The molecule has 0 aliphatic carbocycles. The molecule has 1 unspecified atom stereocenters. The fourth-order valence-corrected chi connectivity index (χ4v) is 2.12. The zero-order chi connectivity index (χ0) is 15.7. The van der Waals surface area contributed by atoms with Crippen molar-refractivity contribution < 1.29 is 9.53 Å². The van der Waals surface area contributed by atoms with E-state index in [0.717, 1.165) is 12.0 Å². The number of carbonyl (C=O) groups is 1. The van der Waals surface area contributed by atoms with Crippen molar-refractivity contribution in [3.8, 4) is 6.07 Å². The van der Waals surface area contributed by atoms with Gasteiger partial charge in [-0.2, -0.15) is 5.26 Å². The molecular formula is C16H23N3O2. The number of carbonyl (C=O) groups excluding carboxylic acids is 1. The van der Waals surface area contributed by atoms with Crippen molar-refractivity contribution in [2.75, 3.05) is 20.3 Å². The standard InChI is InChI=1S/C16H23N3O2/c1-3-19(16(20)15(18)9-6-10-21-2)12-14-8-5-4-7-13(14)11-17/h4-5,7-8,15H,3,6,9-10,12,18H2,1-2H3. The first-order valence-electron chi connectivity index (χ1n) is 7.15. The highest BCUT2D eigenvalue weighted by atomic mass is 16.5. The first kappa shape index (κ1) is 17.2.